The molecule has 1 heterocycles. The van der Waals surface area contributed by atoms with Crippen molar-refractivity contribution >= 4 is 41.3 Å². The minimum absolute atomic E-state index is 0.0173. The Kier molecular flexibility index (Phi) is 10.00. The van der Waals surface area contributed by atoms with Gasteiger partial charge < -0.3 is 21.5 Å². The van der Waals surface area contributed by atoms with E-state index in [1.54, 1.807) is 0 Å². The number of rotatable bonds is 9. The number of halogens is 2. The molecule has 0 aromatic heterocycles. The van der Waals surface area contributed by atoms with E-state index >= 15 is 0 Å². The molecule has 0 radical (unpaired) electrons. The monoisotopic (exact) mass is 546 g/mol. The number of unbranched alkanes of at least 4 members (excludes halogenated alkanes) is 2. The lowest BCUT2D eigenvalue weighted by atomic mass is 9.93. The summed E-state index contributed by atoms with van der Waals surface area (Å²) in [5, 5.41) is 36.1. The van der Waals surface area contributed by atoms with Gasteiger partial charge in [0.1, 0.15) is 11.6 Å². The summed E-state index contributed by atoms with van der Waals surface area (Å²) in [6, 6.07) is 8.00. The van der Waals surface area contributed by atoms with Crippen molar-refractivity contribution in [1.29, 1.82) is 10.7 Å². The van der Waals surface area contributed by atoms with Crippen LogP contribution in [0.15, 0.2) is 30.3 Å². The number of guanidine groups is 1. The molecule has 37 heavy (non-hydrogen) atoms. The van der Waals surface area contributed by atoms with Crippen molar-refractivity contribution in [2.24, 2.45) is 5.73 Å². The molecule has 3 rings (SSSR count). The zero-order valence-electron chi connectivity index (χ0n) is 19.9. The van der Waals surface area contributed by atoms with Crippen LogP contribution in [0.1, 0.15) is 48.0 Å². The molecule has 0 saturated carbocycles. The van der Waals surface area contributed by atoms with Gasteiger partial charge in [-0.3, -0.25) is 15.5 Å². The van der Waals surface area contributed by atoms with Gasteiger partial charge in [0.05, 0.1) is 22.2 Å². The summed E-state index contributed by atoms with van der Waals surface area (Å²) < 4.78 is 14.1. The highest BCUT2D eigenvalue weighted by atomic mass is 35.5. The molecule has 1 aliphatic rings. The van der Waals surface area contributed by atoms with Crippen molar-refractivity contribution in [3.8, 4) is 22.9 Å². The van der Waals surface area contributed by atoms with Gasteiger partial charge in [-0.15, -0.1) is 0 Å². The third-order valence-corrected chi connectivity index (χ3v) is 7.84. The van der Waals surface area contributed by atoms with Crippen molar-refractivity contribution in [2.75, 3.05) is 12.3 Å². The number of aromatic hydroxyl groups is 1. The minimum atomic E-state index is -0.839. The van der Waals surface area contributed by atoms with Crippen LogP contribution in [-0.4, -0.2) is 46.6 Å². The first-order chi connectivity index (χ1) is 17.7. The molecule has 1 aliphatic heterocycles. The molecule has 9 nitrogen and oxygen atoms in total. The molecule has 1 fully saturated rings. The molecule has 196 valence electrons. The predicted octanol–water partition coefficient (Wildman–Crippen LogP) is 4.08. The van der Waals surface area contributed by atoms with E-state index in [9.17, 15) is 24.3 Å². The van der Waals surface area contributed by atoms with Gasteiger partial charge in [0.25, 0.3) is 5.91 Å². The van der Waals surface area contributed by atoms with Crippen LogP contribution in [0.4, 0.5) is 9.18 Å². The summed E-state index contributed by atoms with van der Waals surface area (Å²) >= 11 is 7.93. The molecule has 2 aromatic carbocycles. The number of nitrogens with zero attached hydrogens (tertiary/aromatic N) is 1. The molecular formula is C25H28ClFN6O3S. The van der Waals surface area contributed by atoms with Crippen LogP contribution in [0.25, 0.3) is 11.1 Å². The Morgan fingerprint density at radius 3 is 2.78 bits per heavy atom. The average Bonchev–Trinajstić information content (AvgIpc) is 3.28. The van der Waals surface area contributed by atoms with Crippen LogP contribution >= 0.6 is 23.4 Å². The average molecular weight is 547 g/mol. The normalized spacial score (nSPS) is 16.6. The summed E-state index contributed by atoms with van der Waals surface area (Å²) in [7, 11) is 0. The second-order valence-electron chi connectivity index (χ2n) is 8.51. The molecule has 0 bridgehead atoms. The number of primary amides is 1. The number of hydrogen-bond acceptors (Lipinski definition) is 6. The van der Waals surface area contributed by atoms with Gasteiger partial charge >= 0.3 is 6.03 Å². The molecule has 7 N–H and O–H groups in total. The fourth-order valence-electron chi connectivity index (χ4n) is 4.25. The minimum Gasteiger partial charge on any atom is -0.507 e. The van der Waals surface area contributed by atoms with Crippen LogP contribution in [0.5, 0.6) is 5.75 Å². The van der Waals surface area contributed by atoms with Crippen molar-refractivity contribution in [2.45, 2.75) is 43.4 Å². The van der Waals surface area contributed by atoms with Crippen LogP contribution in [0.3, 0.4) is 0 Å². The van der Waals surface area contributed by atoms with E-state index in [1.807, 2.05) is 17.8 Å². The highest BCUT2D eigenvalue weighted by molar-refractivity contribution is 8.00. The lowest BCUT2D eigenvalue weighted by Gasteiger charge is -2.19. The molecule has 0 spiro atoms. The molecule has 0 aliphatic carbocycles. The van der Waals surface area contributed by atoms with E-state index in [1.165, 1.54) is 24.3 Å². The van der Waals surface area contributed by atoms with Gasteiger partial charge in [0, 0.05) is 29.0 Å². The number of nitrogens with one attached hydrogen (secondary N) is 4. The highest BCUT2D eigenvalue weighted by Gasteiger charge is 2.28. The number of thioether (sulfide) groups is 1. The summed E-state index contributed by atoms with van der Waals surface area (Å²) in [6.07, 6.45) is 4.45. The SMILES string of the molecule is N#Cc1ccc(O)c(C(=O)NC(=N)NCCCCC[C@@H]2SCC[C@@H]2NC(N)=O)c1-c1cccc(F)c1Cl. The number of amides is 3. The van der Waals surface area contributed by atoms with Crippen LogP contribution in [0, 0.1) is 22.6 Å². The first-order valence-electron chi connectivity index (χ1n) is 11.7. The molecule has 2 aromatic rings. The van der Waals surface area contributed by atoms with Gasteiger partial charge in [0.2, 0.25) is 0 Å². The summed E-state index contributed by atoms with van der Waals surface area (Å²) in [6.45, 7) is 0.437. The fourth-order valence-corrected chi connectivity index (χ4v) is 5.94. The summed E-state index contributed by atoms with van der Waals surface area (Å²) in [4.78, 5) is 24.1. The van der Waals surface area contributed by atoms with Gasteiger partial charge in [-0.25, -0.2) is 9.18 Å². The predicted molar refractivity (Wildman–Crippen MR) is 142 cm³/mol. The van der Waals surface area contributed by atoms with Crippen LogP contribution in [-0.2, 0) is 0 Å². The van der Waals surface area contributed by atoms with E-state index in [4.69, 9.17) is 22.7 Å². The standard InChI is InChI=1S/C25H28ClFN6O3S/c26-22-15(5-4-6-16(22)27)20-14(13-28)8-9-18(34)21(20)23(35)33-24(29)31-11-3-1-2-7-19-17(10-12-37-19)32-25(30)36/h4-6,8-9,17,19,34H,1-3,7,10-12H2,(H3,30,32,36)(H3,29,31,33,35)/t17-,19-/m0/s1. The molecule has 12 heteroatoms. The van der Waals surface area contributed by atoms with Crippen molar-refractivity contribution < 1.29 is 19.1 Å². The van der Waals surface area contributed by atoms with Crippen molar-refractivity contribution in [1.82, 2.24) is 16.0 Å². The zero-order chi connectivity index (χ0) is 26.9. The second-order valence-corrected chi connectivity index (χ2v) is 10.2. The van der Waals surface area contributed by atoms with Crippen molar-refractivity contribution in [3.05, 3.63) is 52.3 Å². The van der Waals surface area contributed by atoms with Gasteiger partial charge in [-0.1, -0.05) is 36.6 Å². The second kappa shape index (κ2) is 13.2. The first kappa shape index (κ1) is 28.1. The summed E-state index contributed by atoms with van der Waals surface area (Å²) in [5.74, 6) is -1.30. The smallest absolute Gasteiger partial charge is 0.312 e. The van der Waals surface area contributed by atoms with Gasteiger partial charge in [-0.05, 0) is 43.2 Å². The largest absolute Gasteiger partial charge is 0.507 e. The highest BCUT2D eigenvalue weighted by Crippen LogP contribution is 2.38. The molecule has 1 saturated heterocycles. The van der Waals surface area contributed by atoms with Gasteiger partial charge in [0.15, 0.2) is 5.96 Å². The Labute approximate surface area is 223 Å². The number of phenolic OH excluding ortho intramolecular Hbond substituents is 1. The van der Waals surface area contributed by atoms with Crippen molar-refractivity contribution in [3.63, 3.8) is 0 Å². The Bertz CT molecular complexity index is 1220. The van der Waals surface area contributed by atoms with E-state index in [2.05, 4.69) is 16.0 Å². The number of carbonyl (C=O) groups is 2. The fraction of sp³-hybridized carbons (Fsp3) is 0.360. The number of benzene rings is 2. The number of phenols is 1. The van der Waals surface area contributed by atoms with Crippen LogP contribution in [0.2, 0.25) is 5.02 Å². The Morgan fingerprint density at radius 2 is 2.05 bits per heavy atom. The Hall–Kier alpha value is -3.49. The Morgan fingerprint density at radius 1 is 1.27 bits per heavy atom. The maximum atomic E-state index is 14.1. The molecule has 2 atom stereocenters. The lowest BCUT2D eigenvalue weighted by molar-refractivity contribution is 0.0973. The Balaban J connectivity index is 1.55. The summed E-state index contributed by atoms with van der Waals surface area (Å²) in [5.41, 5.74) is 5.02. The van der Waals surface area contributed by atoms with E-state index in [-0.39, 0.29) is 39.3 Å². The topological polar surface area (TPSA) is 164 Å². The third-order valence-electron chi connectivity index (χ3n) is 5.99. The zero-order valence-corrected chi connectivity index (χ0v) is 21.5. The molecule has 3 amide bonds. The molecule has 0 unspecified atom stereocenters. The number of hydrogen-bond donors (Lipinski definition) is 6. The number of nitriles is 1. The maximum Gasteiger partial charge on any atom is 0.312 e. The lowest BCUT2D eigenvalue weighted by Crippen LogP contribution is -2.42. The number of carbonyl (C=O) groups excluding carboxylic acids is 2. The number of nitrogens with two attached hydrogens (primary N) is 1. The first-order valence-corrected chi connectivity index (χ1v) is 13.2. The van der Waals surface area contributed by atoms with Gasteiger partial charge in [-0.2, -0.15) is 17.0 Å². The molecular weight excluding hydrogens is 519 g/mol. The van der Waals surface area contributed by atoms with E-state index in [0.717, 1.165) is 43.9 Å². The van der Waals surface area contributed by atoms with E-state index < -0.39 is 23.5 Å². The quantitative estimate of drug-likeness (QED) is 0.157. The number of urea groups is 1. The van der Waals surface area contributed by atoms with E-state index in [0.29, 0.717) is 11.8 Å². The maximum absolute atomic E-state index is 14.1. The van der Waals surface area contributed by atoms with Crippen LogP contribution < -0.4 is 21.7 Å². The third kappa shape index (κ3) is 7.27.